The van der Waals surface area contributed by atoms with E-state index in [1.165, 1.54) is 23.3 Å². The lowest BCUT2D eigenvalue weighted by molar-refractivity contribution is -0.137. The summed E-state index contributed by atoms with van der Waals surface area (Å²) in [5.41, 5.74) is 2.58. The molecule has 0 radical (unpaired) electrons. The maximum Gasteiger partial charge on any atom is 0.416 e. The number of aliphatic imine (C=N–C) groups is 1. The van der Waals surface area contributed by atoms with Gasteiger partial charge < -0.3 is 15.5 Å². The zero-order chi connectivity index (χ0) is 22.3. The minimum absolute atomic E-state index is 0.143. The highest BCUT2D eigenvalue weighted by Gasteiger charge is 2.29. The Morgan fingerprint density at radius 3 is 2.45 bits per heavy atom. The zero-order valence-corrected chi connectivity index (χ0v) is 17.5. The molecule has 2 aromatic carbocycles. The SMILES string of the molecule is CN=C(NCCCC(=O)N1CCc2ccccc2C1)NCc1ccc(C(F)(F)F)cc1. The van der Waals surface area contributed by atoms with Crippen molar-refractivity contribution in [3.05, 3.63) is 70.8 Å². The molecular formula is C23H27F3N4O. The van der Waals surface area contributed by atoms with Crippen LogP contribution in [0.3, 0.4) is 0 Å². The number of rotatable bonds is 6. The average molecular weight is 432 g/mol. The second-order valence-corrected chi connectivity index (χ2v) is 7.48. The van der Waals surface area contributed by atoms with Crippen LogP contribution in [0.4, 0.5) is 13.2 Å². The van der Waals surface area contributed by atoms with E-state index in [1.54, 1.807) is 7.05 Å². The number of guanidine groups is 1. The van der Waals surface area contributed by atoms with Crippen molar-refractivity contribution in [2.75, 3.05) is 20.1 Å². The molecule has 1 aliphatic rings. The number of fused-ring (bicyclic) bond motifs is 1. The lowest BCUT2D eigenvalue weighted by atomic mass is 9.99. The lowest BCUT2D eigenvalue weighted by Gasteiger charge is -2.29. The molecule has 166 valence electrons. The summed E-state index contributed by atoms with van der Waals surface area (Å²) in [6.45, 7) is 2.34. The van der Waals surface area contributed by atoms with Crippen LogP contribution in [0.5, 0.6) is 0 Å². The molecule has 31 heavy (non-hydrogen) atoms. The molecule has 0 aromatic heterocycles. The van der Waals surface area contributed by atoms with Gasteiger partial charge in [-0.25, -0.2) is 0 Å². The normalized spacial score (nSPS) is 14.2. The summed E-state index contributed by atoms with van der Waals surface area (Å²) in [5, 5.41) is 6.21. The number of hydrogen-bond donors (Lipinski definition) is 2. The summed E-state index contributed by atoms with van der Waals surface area (Å²) in [6.07, 6.45) is -2.33. The Morgan fingerprint density at radius 2 is 1.77 bits per heavy atom. The van der Waals surface area contributed by atoms with E-state index in [9.17, 15) is 18.0 Å². The van der Waals surface area contributed by atoms with Gasteiger partial charge in [-0.2, -0.15) is 13.2 Å². The highest BCUT2D eigenvalue weighted by Crippen LogP contribution is 2.29. The smallest absolute Gasteiger partial charge is 0.356 e. The first-order valence-corrected chi connectivity index (χ1v) is 10.3. The minimum atomic E-state index is -4.33. The first-order valence-electron chi connectivity index (χ1n) is 10.3. The van der Waals surface area contributed by atoms with Crippen LogP contribution in [0, 0.1) is 0 Å². The van der Waals surface area contributed by atoms with Crippen LogP contribution < -0.4 is 10.6 Å². The second kappa shape index (κ2) is 10.3. The fourth-order valence-corrected chi connectivity index (χ4v) is 3.53. The maximum atomic E-state index is 12.6. The molecule has 0 unspecified atom stereocenters. The van der Waals surface area contributed by atoms with Crippen molar-refractivity contribution in [1.29, 1.82) is 0 Å². The van der Waals surface area contributed by atoms with Crippen molar-refractivity contribution >= 4 is 11.9 Å². The standard InChI is InChI=1S/C23H27F3N4O/c1-27-22(29-15-17-8-10-20(11-9-17)23(24,25)26)28-13-4-7-21(31)30-14-12-18-5-2-3-6-19(18)16-30/h2-3,5-6,8-11H,4,7,12-16H2,1H3,(H2,27,28,29). The van der Waals surface area contributed by atoms with E-state index in [0.717, 1.165) is 30.7 Å². The molecule has 8 heteroatoms. The molecule has 0 atom stereocenters. The van der Waals surface area contributed by atoms with E-state index in [0.29, 0.717) is 38.4 Å². The van der Waals surface area contributed by atoms with E-state index >= 15 is 0 Å². The van der Waals surface area contributed by atoms with Gasteiger partial charge in [0.2, 0.25) is 5.91 Å². The van der Waals surface area contributed by atoms with Crippen molar-refractivity contribution in [2.24, 2.45) is 4.99 Å². The summed E-state index contributed by atoms with van der Waals surface area (Å²) in [5.74, 6) is 0.684. The summed E-state index contributed by atoms with van der Waals surface area (Å²) in [7, 11) is 1.62. The van der Waals surface area contributed by atoms with Gasteiger partial charge >= 0.3 is 6.18 Å². The maximum absolute atomic E-state index is 12.6. The van der Waals surface area contributed by atoms with Crippen LogP contribution in [0.15, 0.2) is 53.5 Å². The Hall–Kier alpha value is -3.03. The predicted octanol–water partition coefficient (Wildman–Crippen LogP) is 3.74. The minimum Gasteiger partial charge on any atom is -0.356 e. The van der Waals surface area contributed by atoms with E-state index < -0.39 is 11.7 Å². The van der Waals surface area contributed by atoms with Gasteiger partial charge in [0, 0.05) is 39.6 Å². The summed E-state index contributed by atoms with van der Waals surface area (Å²) in [4.78, 5) is 18.5. The van der Waals surface area contributed by atoms with Gasteiger partial charge in [0.1, 0.15) is 0 Å². The lowest BCUT2D eigenvalue weighted by Crippen LogP contribution is -2.38. The molecule has 2 aromatic rings. The Balaban J connectivity index is 1.37. The van der Waals surface area contributed by atoms with Crippen LogP contribution in [0.1, 0.15) is 35.1 Å². The fraction of sp³-hybridized carbons (Fsp3) is 0.391. The van der Waals surface area contributed by atoms with Gasteiger partial charge in [0.25, 0.3) is 0 Å². The molecule has 0 aliphatic carbocycles. The Labute approximate surface area is 180 Å². The highest BCUT2D eigenvalue weighted by atomic mass is 19.4. The average Bonchev–Trinajstić information content (AvgIpc) is 2.77. The van der Waals surface area contributed by atoms with Gasteiger partial charge in [-0.3, -0.25) is 9.79 Å². The van der Waals surface area contributed by atoms with Crippen molar-refractivity contribution in [3.63, 3.8) is 0 Å². The van der Waals surface area contributed by atoms with Crippen molar-refractivity contribution in [3.8, 4) is 0 Å². The molecule has 0 saturated carbocycles. The zero-order valence-electron chi connectivity index (χ0n) is 17.5. The Kier molecular flexibility index (Phi) is 7.55. The molecule has 5 nitrogen and oxygen atoms in total. The number of nitrogens with zero attached hydrogens (tertiary/aromatic N) is 2. The Bertz CT molecular complexity index is 910. The number of carbonyl (C=O) groups excluding carboxylic acids is 1. The van der Waals surface area contributed by atoms with Crippen LogP contribution in [0.25, 0.3) is 0 Å². The molecule has 3 rings (SSSR count). The third-order valence-corrected chi connectivity index (χ3v) is 5.31. The third kappa shape index (κ3) is 6.47. The van der Waals surface area contributed by atoms with E-state index in [4.69, 9.17) is 0 Å². The molecule has 1 heterocycles. The van der Waals surface area contributed by atoms with Gasteiger partial charge in [-0.1, -0.05) is 36.4 Å². The van der Waals surface area contributed by atoms with E-state index in [-0.39, 0.29) is 5.91 Å². The molecule has 0 bridgehead atoms. The molecule has 0 saturated heterocycles. The third-order valence-electron chi connectivity index (χ3n) is 5.31. The molecule has 1 aliphatic heterocycles. The summed E-state index contributed by atoms with van der Waals surface area (Å²) < 4.78 is 37.9. The molecular weight excluding hydrogens is 405 g/mol. The van der Waals surface area contributed by atoms with Gasteiger partial charge in [-0.15, -0.1) is 0 Å². The number of benzene rings is 2. The predicted molar refractivity (Wildman–Crippen MR) is 114 cm³/mol. The van der Waals surface area contributed by atoms with Crippen LogP contribution >= 0.6 is 0 Å². The number of hydrogen-bond acceptors (Lipinski definition) is 2. The fourth-order valence-electron chi connectivity index (χ4n) is 3.53. The summed E-state index contributed by atoms with van der Waals surface area (Å²) in [6, 6.07) is 13.2. The van der Waals surface area contributed by atoms with Crippen LogP contribution in [0.2, 0.25) is 0 Å². The quantitative estimate of drug-likeness (QED) is 0.416. The topological polar surface area (TPSA) is 56.7 Å². The van der Waals surface area contributed by atoms with Crippen LogP contribution in [-0.2, 0) is 30.5 Å². The highest BCUT2D eigenvalue weighted by molar-refractivity contribution is 5.80. The molecule has 0 fully saturated rings. The van der Waals surface area contributed by atoms with Gasteiger partial charge in [-0.05, 0) is 41.7 Å². The number of carbonyl (C=O) groups is 1. The van der Waals surface area contributed by atoms with Crippen molar-refractivity contribution < 1.29 is 18.0 Å². The first kappa shape index (κ1) is 22.7. The first-order chi connectivity index (χ1) is 14.9. The van der Waals surface area contributed by atoms with Gasteiger partial charge in [0.15, 0.2) is 5.96 Å². The van der Waals surface area contributed by atoms with Crippen LogP contribution in [-0.4, -0.2) is 36.9 Å². The number of alkyl halides is 3. The molecule has 2 N–H and O–H groups in total. The monoisotopic (exact) mass is 432 g/mol. The Morgan fingerprint density at radius 1 is 1.06 bits per heavy atom. The van der Waals surface area contributed by atoms with Crippen molar-refractivity contribution in [1.82, 2.24) is 15.5 Å². The molecule has 0 spiro atoms. The second-order valence-electron chi connectivity index (χ2n) is 7.48. The number of halogens is 3. The van der Waals surface area contributed by atoms with Crippen molar-refractivity contribution in [2.45, 2.75) is 38.5 Å². The largest absolute Gasteiger partial charge is 0.416 e. The van der Waals surface area contributed by atoms with Gasteiger partial charge in [0.05, 0.1) is 5.56 Å². The van der Waals surface area contributed by atoms with E-state index in [2.05, 4.69) is 27.8 Å². The van der Waals surface area contributed by atoms with E-state index in [1.807, 2.05) is 17.0 Å². The number of nitrogens with one attached hydrogen (secondary N) is 2. The summed E-state index contributed by atoms with van der Waals surface area (Å²) >= 11 is 0. The molecule has 1 amide bonds. The number of amides is 1.